The molecule has 0 saturated heterocycles. The van der Waals surface area contributed by atoms with E-state index in [0.717, 1.165) is 14.9 Å². The molecule has 0 radical (unpaired) electrons. The molecule has 0 bridgehead atoms. The summed E-state index contributed by atoms with van der Waals surface area (Å²) in [6, 6.07) is 15.3. The lowest BCUT2D eigenvalue weighted by atomic mass is 10.0. The average molecular weight is 357 g/mol. The van der Waals surface area contributed by atoms with Crippen LogP contribution in [-0.4, -0.2) is 4.98 Å². The van der Waals surface area contributed by atoms with E-state index < -0.39 is 0 Å². The fourth-order valence-corrected chi connectivity index (χ4v) is 3.54. The van der Waals surface area contributed by atoms with E-state index in [9.17, 15) is 10.1 Å². The zero-order valence-corrected chi connectivity index (χ0v) is 13.2. The van der Waals surface area contributed by atoms with Gasteiger partial charge in [-0.05, 0) is 33.6 Å². The van der Waals surface area contributed by atoms with Crippen molar-refractivity contribution in [3.05, 3.63) is 68.2 Å². The van der Waals surface area contributed by atoms with Gasteiger partial charge in [-0.15, -0.1) is 11.3 Å². The van der Waals surface area contributed by atoms with Crippen molar-refractivity contribution < 1.29 is 0 Å². The van der Waals surface area contributed by atoms with Crippen molar-refractivity contribution in [1.82, 2.24) is 4.98 Å². The minimum Gasteiger partial charge on any atom is -0.321 e. The number of benzene rings is 1. The SMILES string of the molecule is N#Cc1c(-c2cc(Br)cs2)cc(-c2ccccc2)[nH]c1=O. The van der Waals surface area contributed by atoms with E-state index in [1.54, 1.807) is 0 Å². The highest BCUT2D eigenvalue weighted by Crippen LogP contribution is 2.32. The molecule has 102 valence electrons. The van der Waals surface area contributed by atoms with Crippen molar-refractivity contribution in [3.8, 4) is 27.8 Å². The zero-order valence-electron chi connectivity index (χ0n) is 10.8. The van der Waals surface area contributed by atoms with Crippen LogP contribution in [0.5, 0.6) is 0 Å². The summed E-state index contributed by atoms with van der Waals surface area (Å²) in [5.74, 6) is 0. The minimum atomic E-state index is -0.363. The molecular weight excluding hydrogens is 348 g/mol. The van der Waals surface area contributed by atoms with E-state index >= 15 is 0 Å². The standard InChI is InChI=1S/C16H9BrN2OS/c17-11-6-15(21-9-11)12-7-14(10-4-2-1-3-5-10)19-16(20)13(12)8-18/h1-7,9H,(H,19,20). The normalized spacial score (nSPS) is 10.3. The van der Waals surface area contributed by atoms with E-state index in [1.165, 1.54) is 11.3 Å². The van der Waals surface area contributed by atoms with Gasteiger partial charge in [0.1, 0.15) is 11.6 Å². The summed E-state index contributed by atoms with van der Waals surface area (Å²) in [6.07, 6.45) is 0. The first-order chi connectivity index (χ1) is 10.2. The summed E-state index contributed by atoms with van der Waals surface area (Å²) >= 11 is 4.89. The van der Waals surface area contributed by atoms with E-state index in [0.29, 0.717) is 11.3 Å². The Kier molecular flexibility index (Phi) is 3.74. The molecule has 21 heavy (non-hydrogen) atoms. The van der Waals surface area contributed by atoms with Gasteiger partial charge in [0.15, 0.2) is 0 Å². The summed E-state index contributed by atoms with van der Waals surface area (Å²) in [7, 11) is 0. The van der Waals surface area contributed by atoms with Crippen LogP contribution in [0.1, 0.15) is 5.56 Å². The number of hydrogen-bond donors (Lipinski definition) is 1. The molecule has 1 aromatic carbocycles. The number of rotatable bonds is 2. The molecule has 3 nitrogen and oxygen atoms in total. The van der Waals surface area contributed by atoms with Crippen LogP contribution in [0.4, 0.5) is 0 Å². The Balaban J connectivity index is 2.26. The summed E-state index contributed by atoms with van der Waals surface area (Å²) in [6.45, 7) is 0. The van der Waals surface area contributed by atoms with Gasteiger partial charge < -0.3 is 4.98 Å². The van der Waals surface area contributed by atoms with Crippen LogP contribution in [0.2, 0.25) is 0 Å². The van der Waals surface area contributed by atoms with Gasteiger partial charge in [-0.1, -0.05) is 30.3 Å². The van der Waals surface area contributed by atoms with Crippen LogP contribution < -0.4 is 5.56 Å². The van der Waals surface area contributed by atoms with Crippen molar-refractivity contribution in [1.29, 1.82) is 5.26 Å². The number of H-pyrrole nitrogens is 1. The van der Waals surface area contributed by atoms with Gasteiger partial charge in [0, 0.05) is 26.0 Å². The van der Waals surface area contributed by atoms with Gasteiger partial charge in [-0.25, -0.2) is 0 Å². The Morgan fingerprint density at radius 3 is 2.57 bits per heavy atom. The van der Waals surface area contributed by atoms with Gasteiger partial charge >= 0.3 is 0 Å². The number of nitrogens with one attached hydrogen (secondary N) is 1. The highest BCUT2D eigenvalue weighted by molar-refractivity contribution is 9.10. The van der Waals surface area contributed by atoms with Crippen LogP contribution in [-0.2, 0) is 0 Å². The average Bonchev–Trinajstić information content (AvgIpc) is 2.94. The molecule has 0 unspecified atom stereocenters. The topological polar surface area (TPSA) is 56.6 Å². The molecular formula is C16H9BrN2OS. The molecule has 0 aliphatic rings. The van der Waals surface area contributed by atoms with Gasteiger partial charge in [0.25, 0.3) is 5.56 Å². The van der Waals surface area contributed by atoms with E-state index in [1.807, 2.05) is 53.9 Å². The van der Waals surface area contributed by atoms with E-state index in [-0.39, 0.29) is 11.1 Å². The van der Waals surface area contributed by atoms with Gasteiger partial charge in [0.2, 0.25) is 0 Å². The Hall–Kier alpha value is -2.16. The monoisotopic (exact) mass is 356 g/mol. The highest BCUT2D eigenvalue weighted by Gasteiger charge is 2.13. The van der Waals surface area contributed by atoms with Crippen LogP contribution in [0, 0.1) is 11.3 Å². The molecule has 1 N–H and O–H groups in total. The number of nitrogens with zero attached hydrogens (tertiary/aromatic N) is 1. The second-order valence-corrected chi connectivity index (χ2v) is 6.23. The van der Waals surface area contributed by atoms with Crippen LogP contribution in [0.15, 0.2) is 57.1 Å². The molecule has 0 aliphatic carbocycles. The predicted octanol–water partition coefficient (Wildman–Crippen LogP) is 4.40. The third-order valence-electron chi connectivity index (χ3n) is 3.06. The maximum absolute atomic E-state index is 12.2. The molecule has 0 saturated carbocycles. The lowest BCUT2D eigenvalue weighted by Gasteiger charge is -2.06. The van der Waals surface area contributed by atoms with Gasteiger partial charge in [-0.3, -0.25) is 4.79 Å². The van der Waals surface area contributed by atoms with Gasteiger partial charge in [-0.2, -0.15) is 5.26 Å². The maximum Gasteiger partial charge on any atom is 0.267 e. The zero-order chi connectivity index (χ0) is 14.8. The smallest absolute Gasteiger partial charge is 0.267 e. The van der Waals surface area contributed by atoms with Crippen molar-refractivity contribution >= 4 is 27.3 Å². The Morgan fingerprint density at radius 2 is 1.95 bits per heavy atom. The molecule has 2 heterocycles. The molecule has 5 heteroatoms. The summed E-state index contributed by atoms with van der Waals surface area (Å²) < 4.78 is 0.938. The quantitative estimate of drug-likeness (QED) is 0.739. The Bertz CT molecular complexity index is 891. The number of nitriles is 1. The first-order valence-corrected chi connectivity index (χ1v) is 7.83. The number of pyridine rings is 1. The number of aromatic nitrogens is 1. The maximum atomic E-state index is 12.2. The molecule has 3 aromatic rings. The molecule has 0 atom stereocenters. The second kappa shape index (κ2) is 5.68. The lowest BCUT2D eigenvalue weighted by Crippen LogP contribution is -2.12. The van der Waals surface area contributed by atoms with E-state index in [4.69, 9.17) is 0 Å². The second-order valence-electron chi connectivity index (χ2n) is 4.41. The van der Waals surface area contributed by atoms with Crippen molar-refractivity contribution in [3.63, 3.8) is 0 Å². The Morgan fingerprint density at radius 1 is 1.19 bits per heavy atom. The van der Waals surface area contributed by atoms with Crippen molar-refractivity contribution in [2.24, 2.45) is 0 Å². The van der Waals surface area contributed by atoms with E-state index in [2.05, 4.69) is 20.9 Å². The number of hydrogen-bond acceptors (Lipinski definition) is 3. The fourth-order valence-electron chi connectivity index (χ4n) is 2.09. The highest BCUT2D eigenvalue weighted by atomic mass is 79.9. The first-order valence-electron chi connectivity index (χ1n) is 6.16. The largest absolute Gasteiger partial charge is 0.321 e. The number of thiophene rings is 1. The molecule has 0 amide bonds. The van der Waals surface area contributed by atoms with Crippen LogP contribution in [0.25, 0.3) is 21.7 Å². The lowest BCUT2D eigenvalue weighted by molar-refractivity contribution is 1.22. The molecule has 2 aromatic heterocycles. The van der Waals surface area contributed by atoms with Crippen LogP contribution >= 0.6 is 27.3 Å². The predicted molar refractivity (Wildman–Crippen MR) is 88.2 cm³/mol. The van der Waals surface area contributed by atoms with Crippen LogP contribution in [0.3, 0.4) is 0 Å². The molecule has 0 aliphatic heterocycles. The van der Waals surface area contributed by atoms with Crippen molar-refractivity contribution in [2.75, 3.05) is 0 Å². The van der Waals surface area contributed by atoms with Crippen molar-refractivity contribution in [2.45, 2.75) is 0 Å². The summed E-state index contributed by atoms with van der Waals surface area (Å²) in [4.78, 5) is 15.8. The minimum absolute atomic E-state index is 0.143. The number of aromatic amines is 1. The van der Waals surface area contributed by atoms with Gasteiger partial charge in [0.05, 0.1) is 0 Å². The molecule has 3 rings (SSSR count). The third-order valence-corrected chi connectivity index (χ3v) is 4.79. The third kappa shape index (κ3) is 2.68. The summed E-state index contributed by atoms with van der Waals surface area (Å²) in [5.41, 5.74) is 2.06. The number of halogens is 1. The molecule has 0 fully saturated rings. The molecule has 0 spiro atoms. The Labute approximate surface area is 133 Å². The summed E-state index contributed by atoms with van der Waals surface area (Å²) in [5, 5.41) is 11.2. The fraction of sp³-hybridized carbons (Fsp3) is 0. The first kappa shape index (κ1) is 13.8.